The first-order valence-corrected chi connectivity index (χ1v) is 7.90. The monoisotopic (exact) mass is 275 g/mol. The molecule has 3 unspecified atom stereocenters. The molecule has 1 aliphatic rings. The lowest BCUT2D eigenvalue weighted by Gasteiger charge is -2.45. The first kappa shape index (κ1) is 17.3. The van der Waals surface area contributed by atoms with Crippen LogP contribution in [0.15, 0.2) is 12.7 Å². The van der Waals surface area contributed by atoms with Gasteiger partial charge in [0.2, 0.25) is 0 Å². The normalized spacial score (nSPS) is 35.1. The van der Waals surface area contributed by atoms with Gasteiger partial charge in [0.1, 0.15) is 0 Å². The van der Waals surface area contributed by atoms with Gasteiger partial charge in [-0.2, -0.15) is 0 Å². The van der Waals surface area contributed by atoms with Gasteiger partial charge in [-0.25, -0.2) is 0 Å². The first-order chi connectivity index (χ1) is 9.04. The van der Waals surface area contributed by atoms with Crippen molar-refractivity contribution >= 4 is 0 Å². The van der Waals surface area contributed by atoms with Crippen LogP contribution in [0.4, 0.5) is 0 Å². The van der Waals surface area contributed by atoms with Gasteiger partial charge >= 0.3 is 0 Å². The Labute approximate surface area is 126 Å². The summed E-state index contributed by atoms with van der Waals surface area (Å²) in [7, 11) is 0. The van der Waals surface area contributed by atoms with E-state index in [4.69, 9.17) is 6.42 Å². The molecule has 0 spiro atoms. The van der Waals surface area contributed by atoms with Gasteiger partial charge in [-0.3, -0.25) is 4.90 Å². The Balaban J connectivity index is 3.34. The number of hydrogen-bond donors (Lipinski definition) is 0. The van der Waals surface area contributed by atoms with E-state index in [0.29, 0.717) is 11.3 Å². The Hall–Kier alpha value is -0.740. The zero-order valence-electron chi connectivity index (χ0n) is 14.6. The molecule has 3 atom stereocenters. The van der Waals surface area contributed by atoms with E-state index in [1.165, 1.54) is 12.8 Å². The molecule has 0 aromatic rings. The predicted molar refractivity (Wildman–Crippen MR) is 89.6 cm³/mol. The predicted octanol–water partition coefficient (Wildman–Crippen LogP) is 4.74. The van der Waals surface area contributed by atoms with Crippen molar-refractivity contribution in [1.82, 2.24) is 4.90 Å². The van der Waals surface area contributed by atoms with Gasteiger partial charge in [-0.05, 0) is 37.0 Å². The fraction of sp³-hybridized carbons (Fsp3) is 0.789. The molecule has 0 aromatic carbocycles. The Kier molecular flexibility index (Phi) is 4.82. The molecule has 0 bridgehead atoms. The fourth-order valence-corrected chi connectivity index (χ4v) is 3.83. The van der Waals surface area contributed by atoms with E-state index < -0.39 is 0 Å². The molecule has 20 heavy (non-hydrogen) atoms. The summed E-state index contributed by atoms with van der Waals surface area (Å²) in [5.41, 5.74) is 0.400. The highest BCUT2D eigenvalue weighted by Crippen LogP contribution is 2.49. The third kappa shape index (κ3) is 2.96. The van der Waals surface area contributed by atoms with Crippen molar-refractivity contribution in [2.45, 2.75) is 72.9 Å². The molecule has 0 radical (unpaired) electrons. The highest BCUT2D eigenvalue weighted by atomic mass is 15.2. The molecular formula is C19H33N. The Bertz CT molecular complexity index is 398. The largest absolute Gasteiger partial charge is 0.280 e. The van der Waals surface area contributed by atoms with Crippen molar-refractivity contribution in [2.75, 3.05) is 6.54 Å². The van der Waals surface area contributed by atoms with E-state index in [1.807, 2.05) is 6.08 Å². The molecule has 1 rings (SSSR count). The molecule has 1 saturated heterocycles. The molecule has 1 heteroatoms. The van der Waals surface area contributed by atoms with E-state index in [-0.39, 0.29) is 17.0 Å². The van der Waals surface area contributed by atoms with E-state index in [2.05, 4.69) is 65.9 Å². The third-order valence-corrected chi connectivity index (χ3v) is 5.78. The van der Waals surface area contributed by atoms with Crippen LogP contribution < -0.4 is 0 Å². The van der Waals surface area contributed by atoms with Gasteiger partial charge in [-0.15, -0.1) is 13.0 Å². The van der Waals surface area contributed by atoms with Crippen molar-refractivity contribution in [1.29, 1.82) is 0 Å². The lowest BCUT2D eigenvalue weighted by Crippen LogP contribution is -2.53. The molecule has 0 amide bonds. The number of rotatable bonds is 3. The van der Waals surface area contributed by atoms with Gasteiger partial charge in [0.25, 0.3) is 0 Å². The van der Waals surface area contributed by atoms with Gasteiger partial charge in [0.05, 0.1) is 6.04 Å². The Morgan fingerprint density at radius 1 is 1.40 bits per heavy atom. The summed E-state index contributed by atoms with van der Waals surface area (Å²) in [4.78, 5) is 2.49. The summed E-state index contributed by atoms with van der Waals surface area (Å²) in [5.74, 6) is 3.71. The third-order valence-electron chi connectivity index (χ3n) is 5.78. The highest BCUT2D eigenvalue weighted by molar-refractivity contribution is 5.15. The molecule has 0 aliphatic carbocycles. The lowest BCUT2D eigenvalue weighted by atomic mass is 9.66. The van der Waals surface area contributed by atoms with Crippen molar-refractivity contribution in [2.24, 2.45) is 16.7 Å². The minimum absolute atomic E-state index is 0.0679. The first-order valence-electron chi connectivity index (χ1n) is 7.90. The maximum Gasteiger partial charge on any atom is 0.0770 e. The SMILES string of the molecule is C#CC1N(C(C)(C)C=C)CC(C)C(C)(CC)CC1(C)C. The summed E-state index contributed by atoms with van der Waals surface area (Å²) < 4.78 is 0. The summed E-state index contributed by atoms with van der Waals surface area (Å²) in [6.45, 7) is 21.3. The number of terminal acetylenes is 1. The minimum Gasteiger partial charge on any atom is -0.280 e. The van der Waals surface area contributed by atoms with E-state index in [1.54, 1.807) is 0 Å². The summed E-state index contributed by atoms with van der Waals surface area (Å²) in [6.07, 6.45) is 10.4. The average Bonchev–Trinajstić information content (AvgIpc) is 2.43. The second kappa shape index (κ2) is 5.57. The standard InChI is InChI=1S/C19H33N/c1-10-16-17(5,6)14-19(9,12-3)15(4)13-20(16)18(7,8)11-2/h1,11,15-16H,2,12-14H2,3-9H3. The van der Waals surface area contributed by atoms with Crippen LogP contribution in [0, 0.1) is 29.1 Å². The van der Waals surface area contributed by atoms with Crippen LogP contribution in [0.25, 0.3) is 0 Å². The lowest BCUT2D eigenvalue weighted by molar-refractivity contribution is 0.0692. The van der Waals surface area contributed by atoms with Crippen LogP contribution in [0.2, 0.25) is 0 Å². The van der Waals surface area contributed by atoms with E-state index in [9.17, 15) is 0 Å². The summed E-state index contributed by atoms with van der Waals surface area (Å²) in [6, 6.07) is 0.159. The molecule has 0 aromatic heterocycles. The number of likely N-dealkylation sites (tertiary alicyclic amines) is 1. The van der Waals surface area contributed by atoms with Gasteiger partial charge in [0.15, 0.2) is 0 Å². The van der Waals surface area contributed by atoms with Crippen LogP contribution in [-0.2, 0) is 0 Å². The van der Waals surface area contributed by atoms with Gasteiger partial charge < -0.3 is 0 Å². The van der Waals surface area contributed by atoms with Crippen LogP contribution in [0.1, 0.15) is 61.3 Å². The fourth-order valence-electron chi connectivity index (χ4n) is 3.83. The van der Waals surface area contributed by atoms with Crippen molar-refractivity contribution in [3.8, 4) is 12.3 Å². The van der Waals surface area contributed by atoms with Gasteiger partial charge in [-0.1, -0.05) is 53.0 Å². The van der Waals surface area contributed by atoms with Crippen molar-refractivity contribution in [3.63, 3.8) is 0 Å². The maximum absolute atomic E-state index is 5.94. The van der Waals surface area contributed by atoms with Crippen molar-refractivity contribution in [3.05, 3.63) is 12.7 Å². The quantitative estimate of drug-likeness (QED) is 0.531. The van der Waals surface area contributed by atoms with E-state index >= 15 is 0 Å². The Morgan fingerprint density at radius 3 is 2.35 bits per heavy atom. The zero-order valence-corrected chi connectivity index (χ0v) is 14.6. The average molecular weight is 275 g/mol. The molecule has 1 nitrogen and oxygen atoms in total. The molecule has 1 aliphatic heterocycles. The van der Waals surface area contributed by atoms with Crippen LogP contribution in [0.3, 0.4) is 0 Å². The van der Waals surface area contributed by atoms with Crippen LogP contribution in [0.5, 0.6) is 0 Å². The van der Waals surface area contributed by atoms with Gasteiger partial charge in [0, 0.05) is 12.1 Å². The number of hydrogen-bond acceptors (Lipinski definition) is 1. The molecular weight excluding hydrogens is 242 g/mol. The highest BCUT2D eigenvalue weighted by Gasteiger charge is 2.48. The van der Waals surface area contributed by atoms with Crippen molar-refractivity contribution < 1.29 is 0 Å². The van der Waals surface area contributed by atoms with Crippen LogP contribution >= 0.6 is 0 Å². The zero-order chi connectivity index (χ0) is 15.8. The molecule has 0 N–H and O–H groups in total. The van der Waals surface area contributed by atoms with Crippen LogP contribution in [-0.4, -0.2) is 23.0 Å². The number of nitrogens with zero attached hydrogens (tertiary/aromatic N) is 1. The minimum atomic E-state index is -0.0679. The molecule has 0 saturated carbocycles. The molecule has 1 fully saturated rings. The smallest absolute Gasteiger partial charge is 0.0770 e. The summed E-state index contributed by atoms with van der Waals surface area (Å²) in [5, 5.41) is 0. The summed E-state index contributed by atoms with van der Waals surface area (Å²) >= 11 is 0. The topological polar surface area (TPSA) is 3.24 Å². The second-order valence-electron chi connectivity index (χ2n) is 8.15. The maximum atomic E-state index is 5.94. The molecule has 114 valence electrons. The Morgan fingerprint density at radius 2 is 1.95 bits per heavy atom. The second-order valence-corrected chi connectivity index (χ2v) is 8.15. The molecule has 1 heterocycles. The van der Waals surface area contributed by atoms with E-state index in [0.717, 1.165) is 6.54 Å².